The van der Waals surface area contributed by atoms with E-state index < -0.39 is 6.04 Å². The van der Waals surface area contributed by atoms with Gasteiger partial charge in [0.05, 0.1) is 0 Å². The Kier molecular flexibility index (Phi) is 11.1. The maximum Gasteiger partial charge on any atom is 0.251 e. The van der Waals surface area contributed by atoms with Crippen LogP contribution in [0.25, 0.3) is 0 Å². The highest BCUT2D eigenvalue weighted by Gasteiger charge is 2.25. The summed E-state index contributed by atoms with van der Waals surface area (Å²) in [6, 6.07) is 8.45. The SMILES string of the molecule is CCNCCNC(=O)C(NC(=O)c1ccccc1)C(C)CC.Cl. The highest BCUT2D eigenvalue weighted by Crippen LogP contribution is 2.09. The summed E-state index contributed by atoms with van der Waals surface area (Å²) in [5.74, 6) is -0.268. The second kappa shape index (κ2) is 11.9. The van der Waals surface area contributed by atoms with Gasteiger partial charge in [0.25, 0.3) is 5.91 Å². The van der Waals surface area contributed by atoms with E-state index in [1.807, 2.05) is 39.0 Å². The van der Waals surface area contributed by atoms with E-state index in [-0.39, 0.29) is 30.1 Å². The quantitative estimate of drug-likeness (QED) is 0.601. The summed E-state index contributed by atoms with van der Waals surface area (Å²) in [5, 5.41) is 8.88. The van der Waals surface area contributed by atoms with E-state index in [1.54, 1.807) is 12.1 Å². The molecule has 0 heterocycles. The molecule has 2 atom stereocenters. The zero-order valence-electron chi connectivity index (χ0n) is 14.1. The average molecular weight is 342 g/mol. The maximum atomic E-state index is 12.3. The number of amides is 2. The Morgan fingerprint density at radius 3 is 2.30 bits per heavy atom. The average Bonchev–Trinajstić information content (AvgIpc) is 2.56. The van der Waals surface area contributed by atoms with E-state index in [9.17, 15) is 9.59 Å². The Labute approximate surface area is 145 Å². The smallest absolute Gasteiger partial charge is 0.251 e. The first kappa shape index (κ1) is 21.4. The molecule has 6 heteroatoms. The van der Waals surface area contributed by atoms with Crippen LogP contribution in [0.3, 0.4) is 0 Å². The number of rotatable bonds is 9. The van der Waals surface area contributed by atoms with Crippen molar-refractivity contribution in [1.82, 2.24) is 16.0 Å². The molecule has 0 aliphatic carbocycles. The van der Waals surface area contributed by atoms with Crippen LogP contribution in [0.2, 0.25) is 0 Å². The van der Waals surface area contributed by atoms with E-state index >= 15 is 0 Å². The molecule has 1 aromatic carbocycles. The molecule has 2 unspecified atom stereocenters. The first-order chi connectivity index (χ1) is 10.6. The van der Waals surface area contributed by atoms with Crippen LogP contribution >= 0.6 is 12.4 Å². The van der Waals surface area contributed by atoms with Crippen LogP contribution in [-0.4, -0.2) is 37.5 Å². The predicted molar refractivity (Wildman–Crippen MR) is 96.0 cm³/mol. The third-order valence-electron chi connectivity index (χ3n) is 3.67. The standard InChI is InChI=1S/C17H27N3O2.ClH/c1-4-13(3)15(17(22)19-12-11-18-5-2)20-16(21)14-9-7-6-8-10-14;/h6-10,13,15,18H,4-5,11-12H2,1-3H3,(H,19,22)(H,20,21);1H. The van der Waals surface area contributed by atoms with E-state index in [4.69, 9.17) is 0 Å². The number of hydrogen-bond acceptors (Lipinski definition) is 3. The molecule has 1 aromatic rings. The molecule has 0 bridgehead atoms. The Bertz CT molecular complexity index is 468. The van der Waals surface area contributed by atoms with Gasteiger partial charge in [-0.3, -0.25) is 9.59 Å². The molecule has 0 spiro atoms. The van der Waals surface area contributed by atoms with Crippen molar-refractivity contribution >= 4 is 24.2 Å². The van der Waals surface area contributed by atoms with E-state index in [0.717, 1.165) is 19.5 Å². The van der Waals surface area contributed by atoms with Crippen molar-refractivity contribution in [1.29, 1.82) is 0 Å². The summed E-state index contributed by atoms with van der Waals surface area (Å²) in [7, 11) is 0. The van der Waals surface area contributed by atoms with Crippen molar-refractivity contribution in [2.45, 2.75) is 33.2 Å². The van der Waals surface area contributed by atoms with Crippen molar-refractivity contribution in [3.8, 4) is 0 Å². The van der Waals surface area contributed by atoms with Crippen molar-refractivity contribution in [2.75, 3.05) is 19.6 Å². The number of likely N-dealkylation sites (N-methyl/N-ethyl adjacent to an activating group) is 1. The van der Waals surface area contributed by atoms with Crippen LogP contribution in [0.15, 0.2) is 30.3 Å². The summed E-state index contributed by atoms with van der Waals surface area (Å²) >= 11 is 0. The van der Waals surface area contributed by atoms with Gasteiger partial charge >= 0.3 is 0 Å². The van der Waals surface area contributed by atoms with Gasteiger partial charge < -0.3 is 16.0 Å². The number of carbonyl (C=O) groups is 2. The minimum Gasteiger partial charge on any atom is -0.353 e. The Hall–Kier alpha value is -1.59. The highest BCUT2D eigenvalue weighted by molar-refractivity contribution is 5.97. The lowest BCUT2D eigenvalue weighted by molar-refractivity contribution is -0.124. The first-order valence-corrected chi connectivity index (χ1v) is 7.94. The maximum absolute atomic E-state index is 12.3. The largest absolute Gasteiger partial charge is 0.353 e. The lowest BCUT2D eigenvalue weighted by Crippen LogP contribution is -2.51. The Morgan fingerprint density at radius 2 is 1.74 bits per heavy atom. The highest BCUT2D eigenvalue weighted by atomic mass is 35.5. The zero-order chi connectivity index (χ0) is 16.4. The topological polar surface area (TPSA) is 70.2 Å². The molecule has 130 valence electrons. The molecular formula is C17H28ClN3O2. The molecule has 2 amide bonds. The minimum atomic E-state index is -0.515. The molecule has 0 aliphatic heterocycles. The predicted octanol–water partition coefficient (Wildman–Crippen LogP) is 1.98. The van der Waals surface area contributed by atoms with Crippen LogP contribution in [-0.2, 0) is 4.79 Å². The van der Waals surface area contributed by atoms with Crippen molar-refractivity contribution in [2.24, 2.45) is 5.92 Å². The third-order valence-corrected chi connectivity index (χ3v) is 3.67. The van der Waals surface area contributed by atoms with Gasteiger partial charge in [0.15, 0.2) is 0 Å². The molecule has 0 saturated heterocycles. The minimum absolute atomic E-state index is 0. The normalized spacial score (nSPS) is 12.7. The second-order valence-corrected chi connectivity index (χ2v) is 5.35. The van der Waals surface area contributed by atoms with Gasteiger partial charge in [-0.2, -0.15) is 0 Å². The van der Waals surface area contributed by atoms with Crippen molar-refractivity contribution in [3.05, 3.63) is 35.9 Å². The fourth-order valence-corrected chi connectivity index (χ4v) is 2.08. The lowest BCUT2D eigenvalue weighted by Gasteiger charge is -2.23. The van der Waals surface area contributed by atoms with Crippen molar-refractivity contribution in [3.63, 3.8) is 0 Å². The second-order valence-electron chi connectivity index (χ2n) is 5.35. The molecule has 0 saturated carbocycles. The fraction of sp³-hybridized carbons (Fsp3) is 0.529. The van der Waals surface area contributed by atoms with Gasteiger partial charge in [0.1, 0.15) is 6.04 Å². The van der Waals surface area contributed by atoms with Crippen LogP contribution < -0.4 is 16.0 Å². The molecule has 0 aliphatic rings. The summed E-state index contributed by atoms with van der Waals surface area (Å²) in [6.45, 7) is 8.15. The molecule has 5 nitrogen and oxygen atoms in total. The third kappa shape index (κ3) is 7.48. The molecule has 0 radical (unpaired) electrons. The number of carbonyl (C=O) groups excluding carboxylic acids is 2. The summed E-state index contributed by atoms with van der Waals surface area (Å²) < 4.78 is 0. The molecular weight excluding hydrogens is 314 g/mol. The molecule has 0 aromatic heterocycles. The number of benzene rings is 1. The monoisotopic (exact) mass is 341 g/mol. The zero-order valence-corrected chi connectivity index (χ0v) is 14.9. The van der Waals surface area contributed by atoms with Gasteiger partial charge in [0.2, 0.25) is 5.91 Å². The molecule has 23 heavy (non-hydrogen) atoms. The summed E-state index contributed by atoms with van der Waals surface area (Å²) in [6.07, 6.45) is 0.820. The van der Waals surface area contributed by atoms with E-state index in [0.29, 0.717) is 12.1 Å². The van der Waals surface area contributed by atoms with Gasteiger partial charge in [-0.25, -0.2) is 0 Å². The molecule has 0 fully saturated rings. The number of halogens is 1. The lowest BCUT2D eigenvalue weighted by atomic mass is 9.98. The fourth-order valence-electron chi connectivity index (χ4n) is 2.08. The van der Waals surface area contributed by atoms with Gasteiger partial charge in [-0.15, -0.1) is 12.4 Å². The Balaban J connectivity index is 0.00000484. The van der Waals surface area contributed by atoms with Gasteiger partial charge in [-0.1, -0.05) is 45.4 Å². The van der Waals surface area contributed by atoms with Crippen molar-refractivity contribution < 1.29 is 9.59 Å². The van der Waals surface area contributed by atoms with E-state index in [1.165, 1.54) is 0 Å². The van der Waals surface area contributed by atoms with Crippen LogP contribution in [0.5, 0.6) is 0 Å². The number of hydrogen-bond donors (Lipinski definition) is 3. The number of nitrogens with one attached hydrogen (secondary N) is 3. The van der Waals surface area contributed by atoms with Gasteiger partial charge in [-0.05, 0) is 24.6 Å². The van der Waals surface area contributed by atoms with Crippen LogP contribution in [0, 0.1) is 5.92 Å². The summed E-state index contributed by atoms with van der Waals surface area (Å²) in [5.41, 5.74) is 0.566. The first-order valence-electron chi connectivity index (χ1n) is 7.94. The van der Waals surface area contributed by atoms with Gasteiger partial charge in [0, 0.05) is 18.7 Å². The molecule has 1 rings (SSSR count). The summed E-state index contributed by atoms with van der Waals surface area (Å²) in [4.78, 5) is 24.6. The van der Waals surface area contributed by atoms with Crippen LogP contribution in [0.4, 0.5) is 0 Å². The molecule has 3 N–H and O–H groups in total. The van der Waals surface area contributed by atoms with Crippen LogP contribution in [0.1, 0.15) is 37.6 Å². The van der Waals surface area contributed by atoms with E-state index in [2.05, 4.69) is 16.0 Å². The Morgan fingerprint density at radius 1 is 1.09 bits per heavy atom.